The van der Waals surface area contributed by atoms with Crippen LogP contribution >= 0.6 is 15.9 Å². The van der Waals surface area contributed by atoms with E-state index in [2.05, 4.69) is 29.8 Å². The van der Waals surface area contributed by atoms with Gasteiger partial charge in [-0.2, -0.15) is 0 Å². The van der Waals surface area contributed by atoms with E-state index in [-0.39, 0.29) is 6.04 Å². The lowest BCUT2D eigenvalue weighted by molar-refractivity contribution is 0.393. The van der Waals surface area contributed by atoms with Crippen molar-refractivity contribution in [1.82, 2.24) is 0 Å². The zero-order valence-corrected chi connectivity index (χ0v) is 8.26. The second-order valence-corrected chi connectivity index (χ2v) is 3.69. The second kappa shape index (κ2) is 3.41. The van der Waals surface area contributed by atoms with Crippen LogP contribution in [-0.2, 0) is 0 Å². The molecular weight excluding hydrogens is 206 g/mol. The normalized spacial score (nSPS) is 13.9. The van der Waals surface area contributed by atoms with Crippen LogP contribution in [0.25, 0.3) is 0 Å². The molecule has 1 aromatic heterocycles. The average Bonchev–Trinajstić information content (AvgIpc) is 2.34. The van der Waals surface area contributed by atoms with E-state index in [1.165, 1.54) is 0 Å². The second-order valence-electron chi connectivity index (χ2n) is 2.91. The topological polar surface area (TPSA) is 39.2 Å². The van der Waals surface area contributed by atoms with Gasteiger partial charge in [0.25, 0.3) is 0 Å². The van der Waals surface area contributed by atoms with Gasteiger partial charge in [-0.05, 0) is 34.0 Å². The van der Waals surface area contributed by atoms with Crippen molar-refractivity contribution in [2.45, 2.75) is 19.9 Å². The van der Waals surface area contributed by atoms with E-state index in [9.17, 15) is 0 Å². The summed E-state index contributed by atoms with van der Waals surface area (Å²) in [7, 11) is 0. The van der Waals surface area contributed by atoms with Crippen LogP contribution in [0.15, 0.2) is 21.2 Å². The van der Waals surface area contributed by atoms with Gasteiger partial charge < -0.3 is 10.2 Å². The van der Waals surface area contributed by atoms with E-state index in [4.69, 9.17) is 10.2 Å². The fourth-order valence-corrected chi connectivity index (χ4v) is 1.16. The van der Waals surface area contributed by atoms with Crippen molar-refractivity contribution in [2.75, 3.05) is 0 Å². The summed E-state index contributed by atoms with van der Waals surface area (Å²) in [4.78, 5) is 0. The molecule has 0 aliphatic heterocycles. The number of hydrogen-bond acceptors (Lipinski definition) is 2. The van der Waals surface area contributed by atoms with Gasteiger partial charge in [0.15, 0.2) is 4.67 Å². The van der Waals surface area contributed by atoms with Crippen LogP contribution in [0.5, 0.6) is 0 Å². The van der Waals surface area contributed by atoms with Gasteiger partial charge >= 0.3 is 0 Å². The molecule has 0 spiro atoms. The predicted octanol–water partition coefficient (Wildman–Crippen LogP) is 2.70. The molecule has 0 saturated carbocycles. The summed E-state index contributed by atoms with van der Waals surface area (Å²) in [5.41, 5.74) is 5.84. The van der Waals surface area contributed by atoms with Crippen LogP contribution in [0.1, 0.15) is 25.6 Å². The van der Waals surface area contributed by atoms with Crippen molar-refractivity contribution in [3.8, 4) is 0 Å². The molecule has 0 aliphatic carbocycles. The third-order valence-corrected chi connectivity index (χ3v) is 2.07. The fourth-order valence-electron chi connectivity index (χ4n) is 0.836. The first-order valence-corrected chi connectivity index (χ1v) is 4.41. The van der Waals surface area contributed by atoms with Gasteiger partial charge in [-0.3, -0.25) is 0 Å². The molecule has 1 heterocycles. The van der Waals surface area contributed by atoms with Crippen LogP contribution in [0.3, 0.4) is 0 Å². The smallest absolute Gasteiger partial charge is 0.169 e. The quantitative estimate of drug-likeness (QED) is 0.828. The first-order valence-electron chi connectivity index (χ1n) is 3.62. The van der Waals surface area contributed by atoms with Crippen LogP contribution in [-0.4, -0.2) is 0 Å². The Kier molecular flexibility index (Phi) is 2.73. The Bertz CT molecular complexity index is 232. The maximum Gasteiger partial charge on any atom is 0.169 e. The van der Waals surface area contributed by atoms with E-state index in [1.807, 2.05) is 12.1 Å². The van der Waals surface area contributed by atoms with Crippen molar-refractivity contribution < 1.29 is 4.42 Å². The average molecular weight is 218 g/mol. The number of hydrogen-bond donors (Lipinski definition) is 1. The molecule has 3 heteroatoms. The van der Waals surface area contributed by atoms with Crippen molar-refractivity contribution >= 4 is 15.9 Å². The molecule has 62 valence electrons. The Morgan fingerprint density at radius 3 is 2.45 bits per heavy atom. The van der Waals surface area contributed by atoms with E-state index < -0.39 is 0 Å². The van der Waals surface area contributed by atoms with Gasteiger partial charge in [-0.1, -0.05) is 13.8 Å². The molecule has 2 N–H and O–H groups in total. The molecule has 2 nitrogen and oxygen atoms in total. The largest absolute Gasteiger partial charge is 0.453 e. The van der Waals surface area contributed by atoms with Gasteiger partial charge in [0.2, 0.25) is 0 Å². The number of rotatable bonds is 2. The highest BCUT2D eigenvalue weighted by Gasteiger charge is 2.13. The van der Waals surface area contributed by atoms with Crippen LogP contribution in [0.4, 0.5) is 0 Å². The van der Waals surface area contributed by atoms with Crippen LogP contribution in [0.2, 0.25) is 0 Å². The monoisotopic (exact) mass is 217 g/mol. The van der Waals surface area contributed by atoms with E-state index in [0.717, 1.165) is 10.4 Å². The van der Waals surface area contributed by atoms with Crippen molar-refractivity contribution in [3.63, 3.8) is 0 Å². The van der Waals surface area contributed by atoms with Gasteiger partial charge in [0.05, 0.1) is 6.04 Å². The summed E-state index contributed by atoms with van der Waals surface area (Å²) in [5, 5.41) is 0. The summed E-state index contributed by atoms with van der Waals surface area (Å²) in [6, 6.07) is 3.76. The molecule has 0 saturated heterocycles. The van der Waals surface area contributed by atoms with E-state index in [1.54, 1.807) is 0 Å². The molecule has 1 rings (SSSR count). The highest BCUT2D eigenvalue weighted by molar-refractivity contribution is 9.10. The lowest BCUT2D eigenvalue weighted by Gasteiger charge is -2.11. The SMILES string of the molecule is CC(C)[C@@H](N)c1ccc(Br)o1. The molecule has 1 atom stereocenters. The minimum absolute atomic E-state index is 0.00120. The molecule has 0 bridgehead atoms. The maximum atomic E-state index is 5.84. The summed E-state index contributed by atoms with van der Waals surface area (Å²) < 4.78 is 6.04. The highest BCUT2D eigenvalue weighted by atomic mass is 79.9. The molecule has 0 unspecified atom stereocenters. The summed E-state index contributed by atoms with van der Waals surface area (Å²) in [6.45, 7) is 4.14. The summed E-state index contributed by atoms with van der Waals surface area (Å²) >= 11 is 3.23. The Labute approximate surface area is 74.9 Å². The number of halogens is 1. The third-order valence-electron chi connectivity index (χ3n) is 1.64. The molecule has 11 heavy (non-hydrogen) atoms. The summed E-state index contributed by atoms with van der Waals surface area (Å²) in [5.74, 6) is 1.25. The lowest BCUT2D eigenvalue weighted by atomic mass is 10.0. The zero-order valence-electron chi connectivity index (χ0n) is 6.67. The molecule has 0 amide bonds. The molecule has 0 radical (unpaired) electrons. The number of furan rings is 1. The standard InChI is InChI=1S/C8H12BrNO/c1-5(2)8(10)6-3-4-7(9)11-6/h3-5,8H,10H2,1-2H3/t8-/m1/s1. The van der Waals surface area contributed by atoms with E-state index in [0.29, 0.717) is 5.92 Å². The van der Waals surface area contributed by atoms with Gasteiger partial charge in [0.1, 0.15) is 5.76 Å². The molecule has 0 aromatic carbocycles. The molecule has 0 aliphatic rings. The van der Waals surface area contributed by atoms with Gasteiger partial charge in [0, 0.05) is 0 Å². The van der Waals surface area contributed by atoms with Gasteiger partial charge in [-0.25, -0.2) is 0 Å². The fraction of sp³-hybridized carbons (Fsp3) is 0.500. The van der Waals surface area contributed by atoms with Crippen molar-refractivity contribution in [2.24, 2.45) is 11.7 Å². The first kappa shape index (κ1) is 8.81. The van der Waals surface area contributed by atoms with E-state index >= 15 is 0 Å². The van der Waals surface area contributed by atoms with Crippen LogP contribution < -0.4 is 5.73 Å². The molecule has 0 fully saturated rings. The molecule has 1 aromatic rings. The molecular formula is C8H12BrNO. The Morgan fingerprint density at radius 2 is 2.09 bits per heavy atom. The van der Waals surface area contributed by atoms with Crippen LogP contribution in [0, 0.1) is 5.92 Å². The van der Waals surface area contributed by atoms with Crippen molar-refractivity contribution in [1.29, 1.82) is 0 Å². The maximum absolute atomic E-state index is 5.84. The lowest BCUT2D eigenvalue weighted by Crippen LogP contribution is -2.15. The third kappa shape index (κ3) is 2.07. The van der Waals surface area contributed by atoms with Crippen molar-refractivity contribution in [3.05, 3.63) is 22.6 Å². The highest BCUT2D eigenvalue weighted by Crippen LogP contribution is 2.23. The Morgan fingerprint density at radius 1 is 1.45 bits per heavy atom. The summed E-state index contributed by atoms with van der Waals surface area (Å²) in [6.07, 6.45) is 0. The minimum Gasteiger partial charge on any atom is -0.453 e. The Balaban J connectivity index is 2.76. The zero-order chi connectivity index (χ0) is 8.43. The predicted molar refractivity (Wildman–Crippen MR) is 48.2 cm³/mol. The minimum atomic E-state index is 0.00120. The Hall–Kier alpha value is -0.280. The number of nitrogens with two attached hydrogens (primary N) is 1. The first-order chi connectivity index (χ1) is 5.11. The van der Waals surface area contributed by atoms with Gasteiger partial charge in [-0.15, -0.1) is 0 Å².